The molecule has 2 rings (SSSR count). The maximum Gasteiger partial charge on any atom is 0.257 e. The van der Waals surface area contributed by atoms with E-state index in [1.54, 1.807) is 12.4 Å². The van der Waals surface area contributed by atoms with E-state index in [1.807, 2.05) is 4.90 Å². The lowest BCUT2D eigenvalue weighted by Gasteiger charge is -2.34. The molecule has 1 saturated heterocycles. The van der Waals surface area contributed by atoms with Gasteiger partial charge in [0.25, 0.3) is 5.91 Å². The molecule has 0 spiro atoms. The molecule has 94 valence electrons. The van der Waals surface area contributed by atoms with Gasteiger partial charge in [-0.1, -0.05) is 0 Å². The standard InChI is InChI=1S/C11H19N5O/c12-2-1-3-15-4-6-16(7-5-15)11(17)10-8-13-14-9-10/h8-9H,1-7,12H2,(H,13,14). The highest BCUT2D eigenvalue weighted by atomic mass is 16.2. The highest BCUT2D eigenvalue weighted by molar-refractivity contribution is 5.93. The number of carbonyl (C=O) groups is 1. The van der Waals surface area contributed by atoms with E-state index >= 15 is 0 Å². The largest absolute Gasteiger partial charge is 0.336 e. The third kappa shape index (κ3) is 3.04. The molecule has 17 heavy (non-hydrogen) atoms. The first-order chi connectivity index (χ1) is 8.31. The smallest absolute Gasteiger partial charge is 0.257 e. The highest BCUT2D eigenvalue weighted by Crippen LogP contribution is 2.07. The van der Waals surface area contributed by atoms with Gasteiger partial charge in [-0.3, -0.25) is 14.8 Å². The normalized spacial score (nSPS) is 17.4. The van der Waals surface area contributed by atoms with Crippen molar-refractivity contribution in [3.63, 3.8) is 0 Å². The molecule has 0 bridgehead atoms. The first-order valence-electron chi connectivity index (χ1n) is 6.01. The van der Waals surface area contributed by atoms with Gasteiger partial charge in [-0.15, -0.1) is 0 Å². The van der Waals surface area contributed by atoms with Crippen LogP contribution in [0.2, 0.25) is 0 Å². The number of amides is 1. The molecule has 1 amide bonds. The molecule has 0 atom stereocenters. The van der Waals surface area contributed by atoms with Crippen LogP contribution in [0.3, 0.4) is 0 Å². The molecule has 1 fully saturated rings. The molecule has 2 heterocycles. The lowest BCUT2D eigenvalue weighted by atomic mass is 10.2. The van der Waals surface area contributed by atoms with Crippen molar-refractivity contribution in [1.82, 2.24) is 20.0 Å². The number of H-pyrrole nitrogens is 1. The first kappa shape index (κ1) is 12.1. The monoisotopic (exact) mass is 237 g/mol. The number of aromatic nitrogens is 2. The number of hydrogen-bond acceptors (Lipinski definition) is 4. The van der Waals surface area contributed by atoms with Crippen molar-refractivity contribution in [1.29, 1.82) is 0 Å². The zero-order valence-corrected chi connectivity index (χ0v) is 9.93. The van der Waals surface area contributed by atoms with Gasteiger partial charge < -0.3 is 10.6 Å². The van der Waals surface area contributed by atoms with Crippen LogP contribution in [0.5, 0.6) is 0 Å². The zero-order valence-electron chi connectivity index (χ0n) is 9.93. The van der Waals surface area contributed by atoms with Gasteiger partial charge in [0.15, 0.2) is 0 Å². The fraction of sp³-hybridized carbons (Fsp3) is 0.636. The second-order valence-corrected chi connectivity index (χ2v) is 4.26. The molecule has 0 aromatic carbocycles. The Bertz CT molecular complexity index is 343. The number of nitrogens with zero attached hydrogens (tertiary/aromatic N) is 3. The van der Waals surface area contributed by atoms with Crippen molar-refractivity contribution < 1.29 is 4.79 Å². The summed E-state index contributed by atoms with van der Waals surface area (Å²) in [5, 5.41) is 6.46. The Morgan fingerprint density at radius 3 is 2.76 bits per heavy atom. The first-order valence-corrected chi connectivity index (χ1v) is 6.01. The minimum absolute atomic E-state index is 0.0669. The number of piperazine rings is 1. The number of hydrogen-bond donors (Lipinski definition) is 2. The van der Waals surface area contributed by atoms with Gasteiger partial charge in [0.1, 0.15) is 0 Å². The van der Waals surface area contributed by atoms with Crippen molar-refractivity contribution in [3.05, 3.63) is 18.0 Å². The maximum absolute atomic E-state index is 12.0. The summed E-state index contributed by atoms with van der Waals surface area (Å²) >= 11 is 0. The lowest BCUT2D eigenvalue weighted by Crippen LogP contribution is -2.49. The molecule has 3 N–H and O–H groups in total. The molecule has 1 aromatic rings. The second kappa shape index (κ2) is 5.79. The highest BCUT2D eigenvalue weighted by Gasteiger charge is 2.21. The molecule has 1 aliphatic heterocycles. The van der Waals surface area contributed by atoms with E-state index in [9.17, 15) is 4.79 Å². The Kier molecular flexibility index (Phi) is 4.11. The Hall–Kier alpha value is -1.40. The predicted octanol–water partition coefficient (Wildman–Crippen LogP) is -0.484. The van der Waals surface area contributed by atoms with Crippen molar-refractivity contribution in [3.8, 4) is 0 Å². The molecule has 6 nitrogen and oxygen atoms in total. The Morgan fingerprint density at radius 1 is 1.41 bits per heavy atom. The van der Waals surface area contributed by atoms with Crippen LogP contribution < -0.4 is 5.73 Å². The maximum atomic E-state index is 12.0. The van der Waals surface area contributed by atoms with E-state index in [1.165, 1.54) is 0 Å². The average molecular weight is 237 g/mol. The summed E-state index contributed by atoms with van der Waals surface area (Å²) in [5.74, 6) is 0.0669. The Labute approximate surface area is 101 Å². The fourth-order valence-electron chi connectivity index (χ4n) is 2.04. The van der Waals surface area contributed by atoms with Crippen LogP contribution in [-0.2, 0) is 0 Å². The van der Waals surface area contributed by atoms with Crippen LogP contribution in [0.4, 0.5) is 0 Å². The summed E-state index contributed by atoms with van der Waals surface area (Å²) in [5.41, 5.74) is 6.12. The third-order valence-corrected chi connectivity index (χ3v) is 3.08. The van der Waals surface area contributed by atoms with Gasteiger partial charge >= 0.3 is 0 Å². The van der Waals surface area contributed by atoms with E-state index in [4.69, 9.17) is 5.73 Å². The molecule has 0 aliphatic carbocycles. The van der Waals surface area contributed by atoms with Crippen LogP contribution in [-0.4, -0.2) is 65.2 Å². The van der Waals surface area contributed by atoms with E-state index < -0.39 is 0 Å². The van der Waals surface area contributed by atoms with Gasteiger partial charge in [-0.05, 0) is 19.5 Å². The molecule has 1 aliphatic rings. The van der Waals surface area contributed by atoms with E-state index in [0.717, 1.165) is 45.7 Å². The summed E-state index contributed by atoms with van der Waals surface area (Å²) in [6.45, 7) is 5.20. The van der Waals surface area contributed by atoms with Gasteiger partial charge in [0.05, 0.1) is 11.8 Å². The van der Waals surface area contributed by atoms with Crippen LogP contribution in [0.25, 0.3) is 0 Å². The topological polar surface area (TPSA) is 78.2 Å². The fourth-order valence-corrected chi connectivity index (χ4v) is 2.04. The van der Waals surface area contributed by atoms with Gasteiger partial charge in [0.2, 0.25) is 0 Å². The lowest BCUT2D eigenvalue weighted by molar-refractivity contribution is 0.0636. The van der Waals surface area contributed by atoms with Gasteiger partial charge in [0, 0.05) is 32.4 Å². The minimum Gasteiger partial charge on any atom is -0.336 e. The van der Waals surface area contributed by atoms with Crippen molar-refractivity contribution >= 4 is 5.91 Å². The molecular formula is C11H19N5O. The van der Waals surface area contributed by atoms with Gasteiger partial charge in [-0.25, -0.2) is 0 Å². The van der Waals surface area contributed by atoms with E-state index in [0.29, 0.717) is 5.56 Å². The molecule has 1 aromatic heterocycles. The van der Waals surface area contributed by atoms with E-state index in [2.05, 4.69) is 15.1 Å². The zero-order chi connectivity index (χ0) is 12.1. The van der Waals surface area contributed by atoms with E-state index in [-0.39, 0.29) is 5.91 Å². The van der Waals surface area contributed by atoms with Crippen LogP contribution in [0.15, 0.2) is 12.4 Å². The summed E-state index contributed by atoms with van der Waals surface area (Å²) in [4.78, 5) is 16.2. The van der Waals surface area contributed by atoms with Crippen LogP contribution in [0.1, 0.15) is 16.8 Å². The predicted molar refractivity (Wildman–Crippen MR) is 64.6 cm³/mol. The minimum atomic E-state index is 0.0669. The van der Waals surface area contributed by atoms with Crippen molar-refractivity contribution in [2.24, 2.45) is 5.73 Å². The van der Waals surface area contributed by atoms with Crippen molar-refractivity contribution in [2.75, 3.05) is 39.3 Å². The van der Waals surface area contributed by atoms with Gasteiger partial charge in [-0.2, -0.15) is 5.10 Å². The Morgan fingerprint density at radius 2 is 2.18 bits per heavy atom. The summed E-state index contributed by atoms with van der Waals surface area (Å²) < 4.78 is 0. The molecule has 0 unspecified atom stereocenters. The molecule has 0 saturated carbocycles. The van der Waals surface area contributed by atoms with Crippen molar-refractivity contribution in [2.45, 2.75) is 6.42 Å². The Balaban J connectivity index is 1.81. The molecule has 6 heteroatoms. The number of rotatable bonds is 4. The third-order valence-electron chi connectivity index (χ3n) is 3.08. The summed E-state index contributed by atoms with van der Waals surface area (Å²) in [6.07, 6.45) is 4.24. The number of carbonyl (C=O) groups excluding carboxylic acids is 1. The molecular weight excluding hydrogens is 218 g/mol. The number of nitrogens with two attached hydrogens (primary N) is 1. The van der Waals surface area contributed by atoms with Crippen LogP contribution in [0, 0.1) is 0 Å². The summed E-state index contributed by atoms with van der Waals surface area (Å²) in [6, 6.07) is 0. The average Bonchev–Trinajstić information content (AvgIpc) is 2.90. The number of nitrogens with one attached hydrogen (secondary N) is 1. The quantitative estimate of drug-likeness (QED) is 0.741. The molecule has 0 radical (unpaired) electrons. The second-order valence-electron chi connectivity index (χ2n) is 4.26. The number of aromatic amines is 1. The SMILES string of the molecule is NCCCN1CCN(C(=O)c2cn[nH]c2)CC1. The summed E-state index contributed by atoms with van der Waals surface area (Å²) in [7, 11) is 0. The van der Waals surface area contributed by atoms with Crippen LogP contribution >= 0.6 is 0 Å².